The van der Waals surface area contributed by atoms with E-state index in [1.54, 1.807) is 12.1 Å². The molecule has 32 heavy (non-hydrogen) atoms. The fraction of sp³-hybridized carbons (Fsp3) is 0.435. The molecule has 0 radical (unpaired) electrons. The van der Waals surface area contributed by atoms with Gasteiger partial charge in [-0.3, -0.25) is 20.9 Å². The van der Waals surface area contributed by atoms with Crippen molar-refractivity contribution in [3.05, 3.63) is 70.8 Å². The molecule has 4 rings (SSSR count). The molecule has 0 saturated carbocycles. The van der Waals surface area contributed by atoms with E-state index in [4.69, 9.17) is 5.26 Å². The molecule has 5 nitrogen and oxygen atoms in total. The molecule has 2 heterocycles. The SMILES string of the molecule is N#Cc1ccc(CNC2NCNC(N3CCCC3c3ccc(C(F)(F)F)cc3)C2F)cc1. The molecule has 2 aromatic rings. The maximum atomic E-state index is 15.5. The van der Waals surface area contributed by atoms with Gasteiger partial charge in [-0.15, -0.1) is 0 Å². The van der Waals surface area contributed by atoms with Gasteiger partial charge in [0, 0.05) is 25.8 Å². The average Bonchev–Trinajstić information content (AvgIpc) is 3.28. The minimum absolute atomic E-state index is 0.134. The summed E-state index contributed by atoms with van der Waals surface area (Å²) in [6, 6.07) is 14.2. The Morgan fingerprint density at radius 1 is 1.06 bits per heavy atom. The number of likely N-dealkylation sites (tertiary alicyclic amines) is 1. The highest BCUT2D eigenvalue weighted by molar-refractivity contribution is 5.31. The number of nitrogens with zero attached hydrogens (tertiary/aromatic N) is 2. The third-order valence-electron chi connectivity index (χ3n) is 6.14. The Morgan fingerprint density at radius 2 is 1.78 bits per heavy atom. The second kappa shape index (κ2) is 9.55. The number of rotatable bonds is 5. The van der Waals surface area contributed by atoms with E-state index in [1.165, 1.54) is 12.1 Å². The molecule has 170 valence electrons. The molecule has 2 saturated heterocycles. The van der Waals surface area contributed by atoms with Crippen LogP contribution in [0.4, 0.5) is 17.6 Å². The molecule has 9 heteroatoms. The summed E-state index contributed by atoms with van der Waals surface area (Å²) in [5.41, 5.74) is 1.60. The summed E-state index contributed by atoms with van der Waals surface area (Å²) in [4.78, 5) is 2.02. The van der Waals surface area contributed by atoms with Crippen molar-refractivity contribution < 1.29 is 17.6 Å². The molecule has 4 atom stereocenters. The zero-order chi connectivity index (χ0) is 22.7. The number of alkyl halides is 4. The molecule has 0 aromatic heterocycles. The summed E-state index contributed by atoms with van der Waals surface area (Å²) in [5, 5.41) is 18.4. The van der Waals surface area contributed by atoms with E-state index in [9.17, 15) is 13.2 Å². The van der Waals surface area contributed by atoms with Gasteiger partial charge in [0.25, 0.3) is 0 Å². The lowest BCUT2D eigenvalue weighted by atomic mass is 10.0. The van der Waals surface area contributed by atoms with Gasteiger partial charge in [-0.05, 0) is 48.2 Å². The van der Waals surface area contributed by atoms with Crippen molar-refractivity contribution in [1.29, 1.82) is 5.26 Å². The van der Waals surface area contributed by atoms with Gasteiger partial charge < -0.3 is 0 Å². The fourth-order valence-corrected chi connectivity index (χ4v) is 4.46. The predicted octanol–water partition coefficient (Wildman–Crippen LogP) is 3.64. The molecule has 4 unspecified atom stereocenters. The first-order chi connectivity index (χ1) is 15.4. The number of nitriles is 1. The van der Waals surface area contributed by atoms with Crippen LogP contribution in [0.3, 0.4) is 0 Å². The number of hydrogen-bond donors (Lipinski definition) is 3. The van der Waals surface area contributed by atoms with E-state index in [0.29, 0.717) is 25.3 Å². The van der Waals surface area contributed by atoms with Crippen molar-refractivity contribution >= 4 is 0 Å². The monoisotopic (exact) mass is 447 g/mol. The van der Waals surface area contributed by atoms with Crippen LogP contribution in [-0.2, 0) is 12.7 Å². The summed E-state index contributed by atoms with van der Waals surface area (Å²) in [5.74, 6) is 0. The summed E-state index contributed by atoms with van der Waals surface area (Å²) < 4.78 is 54.2. The second-order valence-electron chi connectivity index (χ2n) is 8.16. The lowest BCUT2D eigenvalue weighted by Gasteiger charge is -2.42. The van der Waals surface area contributed by atoms with Crippen molar-refractivity contribution in [2.45, 2.75) is 50.1 Å². The van der Waals surface area contributed by atoms with E-state index in [0.717, 1.165) is 36.1 Å². The van der Waals surface area contributed by atoms with Gasteiger partial charge >= 0.3 is 6.18 Å². The summed E-state index contributed by atoms with van der Waals surface area (Å²) in [7, 11) is 0. The summed E-state index contributed by atoms with van der Waals surface area (Å²) >= 11 is 0. The highest BCUT2D eigenvalue weighted by Gasteiger charge is 2.41. The number of nitrogens with one attached hydrogen (secondary N) is 3. The van der Waals surface area contributed by atoms with Gasteiger partial charge in [-0.25, -0.2) is 4.39 Å². The fourth-order valence-electron chi connectivity index (χ4n) is 4.46. The summed E-state index contributed by atoms with van der Waals surface area (Å²) in [6.45, 7) is 1.53. The Balaban J connectivity index is 1.42. The quantitative estimate of drug-likeness (QED) is 0.611. The Kier molecular flexibility index (Phi) is 6.76. The lowest BCUT2D eigenvalue weighted by molar-refractivity contribution is -0.137. The van der Waals surface area contributed by atoms with E-state index in [2.05, 4.69) is 22.0 Å². The van der Waals surface area contributed by atoms with Crippen LogP contribution in [-0.4, -0.2) is 36.6 Å². The van der Waals surface area contributed by atoms with Crippen LogP contribution in [0.5, 0.6) is 0 Å². The Bertz CT molecular complexity index is 939. The number of hydrogen-bond acceptors (Lipinski definition) is 5. The second-order valence-corrected chi connectivity index (χ2v) is 8.16. The maximum Gasteiger partial charge on any atom is 0.416 e. The van der Waals surface area contributed by atoms with Crippen molar-refractivity contribution in [2.24, 2.45) is 0 Å². The molecule has 2 aliphatic heterocycles. The van der Waals surface area contributed by atoms with Gasteiger partial charge in [0.2, 0.25) is 0 Å². The minimum Gasteiger partial charge on any atom is -0.295 e. The summed E-state index contributed by atoms with van der Waals surface area (Å²) in [6.07, 6.45) is -5.14. The molecule has 0 amide bonds. The molecule has 0 bridgehead atoms. The first-order valence-corrected chi connectivity index (χ1v) is 10.6. The van der Waals surface area contributed by atoms with E-state index in [1.807, 2.05) is 17.0 Å². The first kappa shape index (κ1) is 22.7. The minimum atomic E-state index is -4.37. The molecule has 0 spiro atoms. The predicted molar refractivity (Wildman–Crippen MR) is 112 cm³/mol. The van der Waals surface area contributed by atoms with Crippen molar-refractivity contribution in [3.8, 4) is 6.07 Å². The molecule has 0 aliphatic carbocycles. The van der Waals surface area contributed by atoms with Crippen LogP contribution in [0.2, 0.25) is 0 Å². The van der Waals surface area contributed by atoms with E-state index in [-0.39, 0.29) is 6.04 Å². The average molecular weight is 447 g/mol. The standard InChI is InChI=1S/C23H25F4N5/c24-20-21(29-13-16-5-3-15(12-28)4-6-16)30-14-31-22(20)32-11-1-2-19(32)17-7-9-18(10-8-17)23(25,26)27/h3-10,19-22,29-31H,1-2,11,13-14H2. The number of halogens is 4. The zero-order valence-electron chi connectivity index (χ0n) is 17.4. The lowest BCUT2D eigenvalue weighted by Crippen LogP contribution is -2.68. The van der Waals surface area contributed by atoms with Crippen molar-refractivity contribution in [3.63, 3.8) is 0 Å². The molecule has 2 aliphatic rings. The normalized spacial score (nSPS) is 26.7. The van der Waals surface area contributed by atoms with E-state index < -0.39 is 30.2 Å². The maximum absolute atomic E-state index is 15.5. The van der Waals surface area contributed by atoms with E-state index >= 15 is 4.39 Å². The van der Waals surface area contributed by atoms with Crippen LogP contribution in [0.25, 0.3) is 0 Å². The van der Waals surface area contributed by atoms with Gasteiger partial charge in [0.05, 0.1) is 29.5 Å². The Morgan fingerprint density at radius 3 is 2.44 bits per heavy atom. The largest absolute Gasteiger partial charge is 0.416 e. The number of benzene rings is 2. The van der Waals surface area contributed by atoms with Gasteiger partial charge in [0.1, 0.15) is 0 Å². The highest BCUT2D eigenvalue weighted by atomic mass is 19.4. The smallest absolute Gasteiger partial charge is 0.295 e. The van der Waals surface area contributed by atoms with Crippen molar-refractivity contribution in [1.82, 2.24) is 20.9 Å². The molecular formula is C23H25F4N5. The van der Waals surface area contributed by atoms with Crippen LogP contribution >= 0.6 is 0 Å². The highest BCUT2D eigenvalue weighted by Crippen LogP contribution is 2.36. The Labute approximate surface area is 184 Å². The van der Waals surface area contributed by atoms with Crippen LogP contribution < -0.4 is 16.0 Å². The van der Waals surface area contributed by atoms with Crippen LogP contribution in [0, 0.1) is 11.3 Å². The van der Waals surface area contributed by atoms with Gasteiger partial charge in [0.15, 0.2) is 6.17 Å². The molecule has 2 aromatic carbocycles. The Hall–Kier alpha value is -2.51. The first-order valence-electron chi connectivity index (χ1n) is 10.6. The third-order valence-corrected chi connectivity index (χ3v) is 6.14. The van der Waals surface area contributed by atoms with Gasteiger partial charge in [-0.2, -0.15) is 18.4 Å². The zero-order valence-corrected chi connectivity index (χ0v) is 17.4. The van der Waals surface area contributed by atoms with Gasteiger partial charge in [-0.1, -0.05) is 24.3 Å². The topological polar surface area (TPSA) is 63.1 Å². The molecular weight excluding hydrogens is 422 g/mol. The van der Waals surface area contributed by atoms with Crippen LogP contribution in [0.1, 0.15) is 41.1 Å². The van der Waals surface area contributed by atoms with Crippen molar-refractivity contribution in [2.75, 3.05) is 13.2 Å². The van der Waals surface area contributed by atoms with Crippen LogP contribution in [0.15, 0.2) is 48.5 Å². The third kappa shape index (κ3) is 4.94. The molecule has 3 N–H and O–H groups in total. The molecule has 2 fully saturated rings.